The van der Waals surface area contributed by atoms with Gasteiger partial charge in [0.2, 0.25) is 0 Å². The summed E-state index contributed by atoms with van der Waals surface area (Å²) >= 11 is 9.18. The molecule has 0 saturated carbocycles. The number of rotatable bonds is 4. The van der Waals surface area contributed by atoms with Crippen molar-refractivity contribution in [3.8, 4) is 0 Å². The number of nitrogens with one attached hydrogen (secondary N) is 1. The van der Waals surface area contributed by atoms with Crippen molar-refractivity contribution in [3.63, 3.8) is 0 Å². The molecule has 1 aromatic carbocycles. The van der Waals surface area contributed by atoms with Crippen LogP contribution in [0, 0.1) is 0 Å². The molecule has 0 aliphatic carbocycles. The molecule has 0 amide bonds. The van der Waals surface area contributed by atoms with Crippen molar-refractivity contribution in [3.05, 3.63) is 56.6 Å². The van der Waals surface area contributed by atoms with Gasteiger partial charge in [-0.2, -0.15) is 0 Å². The molecule has 0 aliphatic rings. The SMILES string of the molecule is O=c1ncc(Cl)cn1CCNc1cccc(Br)c1. The quantitative estimate of drug-likeness (QED) is 0.939. The third-order valence-corrected chi connectivity index (χ3v) is 3.02. The summed E-state index contributed by atoms with van der Waals surface area (Å²) < 4.78 is 2.49. The number of benzene rings is 1. The van der Waals surface area contributed by atoms with E-state index < -0.39 is 0 Å². The summed E-state index contributed by atoms with van der Waals surface area (Å²) in [6.45, 7) is 1.14. The molecular weight excluding hydrogens is 318 g/mol. The van der Waals surface area contributed by atoms with Gasteiger partial charge in [0, 0.05) is 29.4 Å². The minimum absolute atomic E-state index is 0.296. The van der Waals surface area contributed by atoms with Gasteiger partial charge in [-0.1, -0.05) is 33.6 Å². The molecule has 6 heteroatoms. The molecular formula is C12H11BrClN3O. The Bertz CT molecular complexity index is 600. The Hall–Kier alpha value is -1.33. The van der Waals surface area contributed by atoms with Crippen molar-refractivity contribution in [2.24, 2.45) is 0 Å². The second-order valence-electron chi connectivity index (χ2n) is 3.69. The molecule has 0 bridgehead atoms. The Balaban J connectivity index is 1.96. The summed E-state index contributed by atoms with van der Waals surface area (Å²) in [5.74, 6) is 0. The normalized spacial score (nSPS) is 10.3. The van der Waals surface area contributed by atoms with Crippen LogP contribution in [0.3, 0.4) is 0 Å². The van der Waals surface area contributed by atoms with Gasteiger partial charge in [-0.3, -0.25) is 4.57 Å². The van der Waals surface area contributed by atoms with Crippen LogP contribution < -0.4 is 11.0 Å². The first-order chi connectivity index (χ1) is 8.65. The number of halogens is 2. The molecule has 0 aliphatic heterocycles. The van der Waals surface area contributed by atoms with Crippen LogP contribution in [0.2, 0.25) is 5.02 Å². The maximum atomic E-state index is 11.4. The number of nitrogens with zero attached hydrogens (tertiary/aromatic N) is 2. The Morgan fingerprint density at radius 1 is 1.44 bits per heavy atom. The first-order valence-electron chi connectivity index (χ1n) is 5.36. The smallest absolute Gasteiger partial charge is 0.347 e. The molecule has 0 atom stereocenters. The molecule has 1 aromatic heterocycles. The highest BCUT2D eigenvalue weighted by molar-refractivity contribution is 9.10. The van der Waals surface area contributed by atoms with E-state index >= 15 is 0 Å². The van der Waals surface area contributed by atoms with Crippen LogP contribution in [0.4, 0.5) is 5.69 Å². The average Bonchev–Trinajstić information content (AvgIpc) is 2.34. The van der Waals surface area contributed by atoms with E-state index in [2.05, 4.69) is 26.2 Å². The van der Waals surface area contributed by atoms with Gasteiger partial charge in [-0.25, -0.2) is 9.78 Å². The zero-order valence-electron chi connectivity index (χ0n) is 9.44. The third kappa shape index (κ3) is 3.58. The zero-order chi connectivity index (χ0) is 13.0. The molecule has 4 nitrogen and oxygen atoms in total. The van der Waals surface area contributed by atoms with Gasteiger partial charge in [0.25, 0.3) is 0 Å². The molecule has 0 unspecified atom stereocenters. The number of hydrogen-bond donors (Lipinski definition) is 1. The molecule has 2 rings (SSSR count). The fraction of sp³-hybridized carbons (Fsp3) is 0.167. The first kappa shape index (κ1) is 13.1. The molecule has 0 spiro atoms. The highest BCUT2D eigenvalue weighted by Gasteiger charge is 1.98. The second kappa shape index (κ2) is 6.02. The van der Waals surface area contributed by atoms with Gasteiger partial charge < -0.3 is 5.32 Å². The van der Waals surface area contributed by atoms with E-state index in [1.54, 1.807) is 6.20 Å². The predicted molar refractivity (Wildman–Crippen MR) is 76.1 cm³/mol. The minimum atomic E-state index is -0.296. The summed E-state index contributed by atoms with van der Waals surface area (Å²) in [5.41, 5.74) is 0.697. The van der Waals surface area contributed by atoms with E-state index in [9.17, 15) is 4.79 Å². The van der Waals surface area contributed by atoms with E-state index in [4.69, 9.17) is 11.6 Å². The van der Waals surface area contributed by atoms with Crippen molar-refractivity contribution in [1.29, 1.82) is 0 Å². The lowest BCUT2D eigenvalue weighted by Crippen LogP contribution is -2.25. The van der Waals surface area contributed by atoms with E-state index in [0.717, 1.165) is 10.2 Å². The summed E-state index contributed by atoms with van der Waals surface area (Å²) in [6, 6.07) is 7.83. The molecule has 0 saturated heterocycles. The van der Waals surface area contributed by atoms with Gasteiger partial charge in [0.15, 0.2) is 0 Å². The van der Waals surface area contributed by atoms with Crippen molar-refractivity contribution >= 4 is 33.2 Å². The van der Waals surface area contributed by atoms with Crippen LogP contribution in [0.5, 0.6) is 0 Å². The zero-order valence-corrected chi connectivity index (χ0v) is 11.8. The number of hydrogen-bond acceptors (Lipinski definition) is 3. The van der Waals surface area contributed by atoms with Crippen LogP contribution in [0.15, 0.2) is 45.9 Å². The Morgan fingerprint density at radius 2 is 2.28 bits per heavy atom. The first-order valence-corrected chi connectivity index (χ1v) is 6.54. The molecule has 0 fully saturated rings. The Morgan fingerprint density at radius 3 is 3.06 bits per heavy atom. The maximum absolute atomic E-state index is 11.4. The minimum Gasteiger partial charge on any atom is -0.383 e. The topological polar surface area (TPSA) is 46.9 Å². The molecule has 2 aromatic rings. The summed E-state index contributed by atoms with van der Waals surface area (Å²) in [6.07, 6.45) is 2.93. The van der Waals surface area contributed by atoms with Crippen LogP contribution in [-0.4, -0.2) is 16.1 Å². The number of aromatic nitrogens is 2. The molecule has 0 radical (unpaired) electrons. The average molecular weight is 329 g/mol. The van der Waals surface area contributed by atoms with Crippen LogP contribution in [-0.2, 0) is 6.54 Å². The molecule has 1 N–H and O–H groups in total. The maximum Gasteiger partial charge on any atom is 0.347 e. The summed E-state index contributed by atoms with van der Waals surface area (Å²) in [7, 11) is 0. The van der Waals surface area contributed by atoms with Gasteiger partial charge in [0.1, 0.15) is 0 Å². The third-order valence-electron chi connectivity index (χ3n) is 2.33. The lowest BCUT2D eigenvalue weighted by molar-refractivity contribution is 0.674. The van der Waals surface area contributed by atoms with Crippen molar-refractivity contribution in [2.45, 2.75) is 6.54 Å². The van der Waals surface area contributed by atoms with Crippen LogP contribution in [0.25, 0.3) is 0 Å². The standard InChI is InChI=1S/C12H11BrClN3O/c13-9-2-1-3-11(6-9)15-4-5-17-8-10(14)7-16-12(17)18/h1-3,6-8,15H,4-5H2. The van der Waals surface area contributed by atoms with Crippen molar-refractivity contribution in [1.82, 2.24) is 9.55 Å². The van der Waals surface area contributed by atoms with E-state index in [1.165, 1.54) is 10.8 Å². The van der Waals surface area contributed by atoms with E-state index in [-0.39, 0.29) is 5.69 Å². The number of anilines is 1. The van der Waals surface area contributed by atoms with Gasteiger partial charge >= 0.3 is 5.69 Å². The molecule has 94 valence electrons. The molecule has 1 heterocycles. The van der Waals surface area contributed by atoms with Crippen molar-refractivity contribution < 1.29 is 0 Å². The Kier molecular flexibility index (Phi) is 4.38. The van der Waals surface area contributed by atoms with Gasteiger partial charge in [-0.05, 0) is 18.2 Å². The lowest BCUT2D eigenvalue weighted by atomic mass is 10.3. The summed E-state index contributed by atoms with van der Waals surface area (Å²) in [4.78, 5) is 15.1. The van der Waals surface area contributed by atoms with E-state index in [1.807, 2.05) is 24.3 Å². The highest BCUT2D eigenvalue weighted by atomic mass is 79.9. The lowest BCUT2D eigenvalue weighted by Gasteiger charge is -2.08. The summed E-state index contributed by atoms with van der Waals surface area (Å²) in [5, 5.41) is 3.68. The largest absolute Gasteiger partial charge is 0.383 e. The highest BCUT2D eigenvalue weighted by Crippen LogP contribution is 2.15. The predicted octanol–water partition coefficient (Wildman–Crippen LogP) is 2.77. The van der Waals surface area contributed by atoms with Crippen molar-refractivity contribution in [2.75, 3.05) is 11.9 Å². The van der Waals surface area contributed by atoms with Gasteiger partial charge in [-0.15, -0.1) is 0 Å². The van der Waals surface area contributed by atoms with Crippen LogP contribution >= 0.6 is 27.5 Å². The van der Waals surface area contributed by atoms with Gasteiger partial charge in [0.05, 0.1) is 11.2 Å². The Labute approximate surface area is 118 Å². The monoisotopic (exact) mass is 327 g/mol. The van der Waals surface area contributed by atoms with Crippen LogP contribution in [0.1, 0.15) is 0 Å². The second-order valence-corrected chi connectivity index (χ2v) is 5.04. The van der Waals surface area contributed by atoms with E-state index in [0.29, 0.717) is 18.1 Å². The fourth-order valence-electron chi connectivity index (χ4n) is 1.51. The molecule has 18 heavy (non-hydrogen) atoms. The fourth-order valence-corrected chi connectivity index (χ4v) is 2.07.